The Kier molecular flexibility index (Phi) is 7.01. The van der Waals surface area contributed by atoms with E-state index in [4.69, 9.17) is 4.74 Å². The van der Waals surface area contributed by atoms with Crippen LogP contribution in [-0.2, 0) is 16.1 Å². The summed E-state index contributed by atoms with van der Waals surface area (Å²) < 4.78 is 34.5. The summed E-state index contributed by atoms with van der Waals surface area (Å²) in [5.41, 5.74) is 1.01. The normalized spacial score (nSPS) is 14.9. The number of amides is 1. The Balaban J connectivity index is 1.53. The average Bonchev–Trinajstić information content (AvgIpc) is 3.18. The summed E-state index contributed by atoms with van der Waals surface area (Å²) in [6.45, 7) is 4.89. The maximum atomic E-state index is 13.9. The number of aromatic nitrogens is 3. The van der Waals surface area contributed by atoms with Crippen LogP contribution in [-0.4, -0.2) is 52.2 Å². The predicted molar refractivity (Wildman–Crippen MR) is 119 cm³/mol. The monoisotopic (exact) mass is 459 g/mol. The first-order valence-corrected chi connectivity index (χ1v) is 11.1. The fraction of sp³-hybridized carbons (Fsp3) is 0.318. The average molecular weight is 460 g/mol. The first kappa shape index (κ1) is 22.2. The van der Waals surface area contributed by atoms with E-state index in [0.717, 1.165) is 23.6 Å². The van der Waals surface area contributed by atoms with Crippen LogP contribution in [0.3, 0.4) is 0 Å². The number of nitrogens with zero attached hydrogens (tertiary/aromatic N) is 4. The van der Waals surface area contributed by atoms with Crippen molar-refractivity contribution < 1.29 is 18.3 Å². The van der Waals surface area contributed by atoms with E-state index in [-0.39, 0.29) is 5.69 Å². The Labute approximate surface area is 188 Å². The van der Waals surface area contributed by atoms with Crippen LogP contribution >= 0.6 is 11.8 Å². The van der Waals surface area contributed by atoms with Crippen molar-refractivity contribution in [2.24, 2.45) is 0 Å². The van der Waals surface area contributed by atoms with Gasteiger partial charge in [-0.3, -0.25) is 9.36 Å². The fourth-order valence-electron chi connectivity index (χ4n) is 3.31. The number of nitrogens with one attached hydrogen (secondary N) is 1. The zero-order chi connectivity index (χ0) is 22.5. The number of thioether (sulfide) groups is 1. The van der Waals surface area contributed by atoms with Crippen LogP contribution in [0.5, 0.6) is 0 Å². The first-order valence-electron chi connectivity index (χ1n) is 10.2. The van der Waals surface area contributed by atoms with Gasteiger partial charge in [0.1, 0.15) is 11.6 Å². The molecule has 1 aliphatic rings. The molecule has 3 aromatic rings. The lowest BCUT2D eigenvalue weighted by molar-refractivity contribution is -0.115. The summed E-state index contributed by atoms with van der Waals surface area (Å²) in [4.78, 5) is 14.8. The zero-order valence-electron chi connectivity index (χ0n) is 17.5. The van der Waals surface area contributed by atoms with Gasteiger partial charge in [0.15, 0.2) is 5.16 Å². The molecular weight excluding hydrogens is 436 g/mol. The Hall–Kier alpha value is -2.98. The molecule has 1 unspecified atom stereocenters. The summed E-state index contributed by atoms with van der Waals surface area (Å²) in [7, 11) is 0. The maximum Gasteiger partial charge on any atom is 0.237 e. The molecule has 1 aliphatic heterocycles. The largest absolute Gasteiger partial charge is 0.378 e. The van der Waals surface area contributed by atoms with Crippen LogP contribution in [0.2, 0.25) is 0 Å². The van der Waals surface area contributed by atoms with E-state index in [1.165, 1.54) is 17.8 Å². The number of rotatable bonds is 7. The molecule has 2 aromatic carbocycles. The summed E-state index contributed by atoms with van der Waals surface area (Å²) in [6.07, 6.45) is 0. The number of morpholine rings is 1. The number of carbonyl (C=O) groups is 1. The molecule has 0 aliphatic carbocycles. The van der Waals surface area contributed by atoms with Gasteiger partial charge in [-0.25, -0.2) is 8.78 Å². The number of halogens is 2. The van der Waals surface area contributed by atoms with E-state index in [1.54, 1.807) is 6.92 Å². The Morgan fingerprint density at radius 3 is 2.62 bits per heavy atom. The summed E-state index contributed by atoms with van der Waals surface area (Å²) in [5, 5.41) is 11.2. The molecule has 0 saturated carbocycles. The van der Waals surface area contributed by atoms with Crippen molar-refractivity contribution in [3.63, 3.8) is 0 Å². The molecule has 0 spiro atoms. The summed E-state index contributed by atoms with van der Waals surface area (Å²) in [5.74, 6) is -1.22. The van der Waals surface area contributed by atoms with Crippen LogP contribution in [0.25, 0.3) is 0 Å². The third-order valence-electron chi connectivity index (χ3n) is 5.02. The lowest BCUT2D eigenvalue weighted by Gasteiger charge is -2.28. The van der Waals surface area contributed by atoms with Gasteiger partial charge < -0.3 is 15.0 Å². The third kappa shape index (κ3) is 5.25. The minimum atomic E-state index is -0.822. The molecule has 7 nitrogen and oxygen atoms in total. The molecule has 10 heteroatoms. The van der Waals surface area contributed by atoms with Crippen LogP contribution in [0.4, 0.5) is 20.4 Å². The highest BCUT2D eigenvalue weighted by atomic mass is 32.2. The molecule has 4 rings (SSSR count). The highest BCUT2D eigenvalue weighted by Crippen LogP contribution is 2.28. The molecule has 0 radical (unpaired) electrons. The lowest BCUT2D eigenvalue weighted by Crippen LogP contribution is -2.38. The van der Waals surface area contributed by atoms with Crippen molar-refractivity contribution in [1.82, 2.24) is 14.8 Å². The first-order chi connectivity index (χ1) is 15.5. The molecule has 1 aromatic heterocycles. The number of benzene rings is 2. The van der Waals surface area contributed by atoms with Crippen LogP contribution < -0.4 is 10.2 Å². The van der Waals surface area contributed by atoms with Crippen molar-refractivity contribution >= 4 is 29.3 Å². The van der Waals surface area contributed by atoms with E-state index in [0.29, 0.717) is 38.0 Å². The molecule has 1 N–H and O–H groups in total. The highest BCUT2D eigenvalue weighted by molar-refractivity contribution is 8.00. The molecule has 1 atom stereocenters. The molecule has 0 bridgehead atoms. The number of anilines is 2. The fourth-order valence-corrected chi connectivity index (χ4v) is 4.15. The minimum Gasteiger partial charge on any atom is -0.378 e. The second-order valence-corrected chi connectivity index (χ2v) is 8.64. The molecular formula is C22H23F2N5O2S. The van der Waals surface area contributed by atoms with E-state index >= 15 is 0 Å². The van der Waals surface area contributed by atoms with Gasteiger partial charge in [-0.15, -0.1) is 10.2 Å². The van der Waals surface area contributed by atoms with E-state index in [9.17, 15) is 13.6 Å². The highest BCUT2D eigenvalue weighted by Gasteiger charge is 2.24. The zero-order valence-corrected chi connectivity index (χ0v) is 18.3. The second-order valence-electron chi connectivity index (χ2n) is 7.33. The Morgan fingerprint density at radius 2 is 1.91 bits per heavy atom. The van der Waals surface area contributed by atoms with Crippen LogP contribution in [0.15, 0.2) is 53.7 Å². The maximum absolute atomic E-state index is 13.9. The van der Waals surface area contributed by atoms with Crippen molar-refractivity contribution in [2.45, 2.75) is 23.9 Å². The van der Waals surface area contributed by atoms with Gasteiger partial charge in [-0.05, 0) is 24.6 Å². The van der Waals surface area contributed by atoms with Crippen molar-refractivity contribution in [1.29, 1.82) is 0 Å². The molecule has 1 fully saturated rings. The van der Waals surface area contributed by atoms with Crippen LogP contribution in [0, 0.1) is 11.6 Å². The molecule has 1 amide bonds. The second kappa shape index (κ2) is 10.1. The van der Waals surface area contributed by atoms with E-state index < -0.39 is 22.8 Å². The van der Waals surface area contributed by atoms with E-state index in [2.05, 4.69) is 20.4 Å². The number of carbonyl (C=O) groups excluding carboxylic acids is 1. The Bertz CT molecular complexity index is 1070. The Morgan fingerprint density at radius 1 is 1.16 bits per heavy atom. The number of ether oxygens (including phenoxy) is 1. The standard InChI is InChI=1S/C22H23F2N5O2S/c1-15(20(30)25-19-8-7-17(23)13-18(19)24)32-22-27-26-21(28-9-11-31-12-10-28)29(22)14-16-5-3-2-4-6-16/h2-8,13,15H,9-12,14H2,1H3,(H,25,30). The molecule has 168 valence electrons. The topological polar surface area (TPSA) is 72.3 Å². The van der Waals surface area contributed by atoms with Gasteiger partial charge in [0, 0.05) is 19.2 Å². The van der Waals surface area contributed by atoms with Gasteiger partial charge in [0.05, 0.1) is 30.7 Å². The third-order valence-corrected chi connectivity index (χ3v) is 6.10. The SMILES string of the molecule is CC(Sc1nnc(N2CCOCC2)n1Cc1ccccc1)C(=O)Nc1ccc(F)cc1F. The van der Waals surface area contributed by atoms with E-state index in [1.807, 2.05) is 34.9 Å². The predicted octanol–water partition coefficient (Wildman–Crippen LogP) is 3.56. The number of hydrogen-bond acceptors (Lipinski definition) is 6. The van der Waals surface area contributed by atoms with Crippen molar-refractivity contribution in [3.8, 4) is 0 Å². The van der Waals surface area contributed by atoms with Crippen LogP contribution in [0.1, 0.15) is 12.5 Å². The molecule has 32 heavy (non-hydrogen) atoms. The molecule has 2 heterocycles. The van der Waals surface area contributed by atoms with Crippen molar-refractivity contribution in [2.75, 3.05) is 36.5 Å². The smallest absolute Gasteiger partial charge is 0.237 e. The van der Waals surface area contributed by atoms with Gasteiger partial charge in [-0.2, -0.15) is 0 Å². The summed E-state index contributed by atoms with van der Waals surface area (Å²) in [6, 6.07) is 13.0. The van der Waals surface area contributed by atoms with Gasteiger partial charge in [-0.1, -0.05) is 42.1 Å². The quantitative estimate of drug-likeness (QED) is 0.545. The van der Waals surface area contributed by atoms with Crippen molar-refractivity contribution in [3.05, 3.63) is 65.7 Å². The van der Waals surface area contributed by atoms with Gasteiger partial charge in [0.25, 0.3) is 0 Å². The van der Waals surface area contributed by atoms with Gasteiger partial charge >= 0.3 is 0 Å². The number of hydrogen-bond donors (Lipinski definition) is 1. The minimum absolute atomic E-state index is 0.0661. The lowest BCUT2D eigenvalue weighted by atomic mass is 10.2. The van der Waals surface area contributed by atoms with Gasteiger partial charge in [0.2, 0.25) is 11.9 Å². The molecule has 1 saturated heterocycles. The summed E-state index contributed by atoms with van der Waals surface area (Å²) >= 11 is 1.23.